The number of aromatic nitrogens is 3. The van der Waals surface area contributed by atoms with Gasteiger partial charge in [-0.2, -0.15) is 5.10 Å². The van der Waals surface area contributed by atoms with Crippen molar-refractivity contribution >= 4 is 17.4 Å². The number of amides is 1. The van der Waals surface area contributed by atoms with E-state index in [1.807, 2.05) is 20.8 Å². The van der Waals surface area contributed by atoms with Crippen LogP contribution < -0.4 is 5.32 Å². The summed E-state index contributed by atoms with van der Waals surface area (Å²) in [5.74, 6) is -0.0510. The topological polar surface area (TPSA) is 106 Å². The van der Waals surface area contributed by atoms with E-state index in [0.29, 0.717) is 5.82 Å². The van der Waals surface area contributed by atoms with Crippen molar-refractivity contribution in [2.24, 2.45) is 0 Å². The molecule has 0 radical (unpaired) electrons. The highest BCUT2D eigenvalue weighted by atomic mass is 16.6. The standard InChI is InChI=1S/C12H15N5O3/c1-7(2)16-6-9(17(19)20)5-10(16)12(18)13-11-4-8(3)14-15-11/h4-7H,1-3H3,(H2,13,14,15,18). The molecule has 2 N–H and O–H groups in total. The van der Waals surface area contributed by atoms with Crippen LogP contribution in [-0.4, -0.2) is 25.6 Å². The second-order valence-electron chi connectivity index (χ2n) is 4.73. The summed E-state index contributed by atoms with van der Waals surface area (Å²) in [6, 6.07) is 2.87. The van der Waals surface area contributed by atoms with Crippen LogP contribution >= 0.6 is 0 Å². The Morgan fingerprint density at radius 1 is 1.50 bits per heavy atom. The molecule has 2 rings (SSSR count). The van der Waals surface area contributed by atoms with Gasteiger partial charge in [-0.3, -0.25) is 20.0 Å². The molecule has 2 aromatic heterocycles. The summed E-state index contributed by atoms with van der Waals surface area (Å²) in [4.78, 5) is 22.5. The Labute approximate surface area is 114 Å². The van der Waals surface area contributed by atoms with Gasteiger partial charge in [0.05, 0.1) is 11.1 Å². The van der Waals surface area contributed by atoms with Gasteiger partial charge in [-0.05, 0) is 20.8 Å². The molecule has 0 aliphatic rings. The third-order valence-corrected chi connectivity index (χ3v) is 2.78. The van der Waals surface area contributed by atoms with Crippen LogP contribution in [0, 0.1) is 17.0 Å². The predicted octanol–water partition coefficient (Wildman–Crippen LogP) is 2.26. The molecule has 2 aromatic rings. The van der Waals surface area contributed by atoms with Gasteiger partial charge in [0.1, 0.15) is 5.69 Å². The van der Waals surface area contributed by atoms with E-state index in [4.69, 9.17) is 0 Å². The number of rotatable bonds is 4. The van der Waals surface area contributed by atoms with E-state index >= 15 is 0 Å². The zero-order valence-electron chi connectivity index (χ0n) is 11.4. The molecule has 0 aliphatic heterocycles. The van der Waals surface area contributed by atoms with Gasteiger partial charge in [-0.1, -0.05) is 0 Å². The van der Waals surface area contributed by atoms with Crippen LogP contribution in [0.3, 0.4) is 0 Å². The molecular formula is C12H15N5O3. The Morgan fingerprint density at radius 3 is 2.70 bits per heavy atom. The first-order valence-electron chi connectivity index (χ1n) is 6.08. The van der Waals surface area contributed by atoms with Crippen molar-refractivity contribution in [3.63, 3.8) is 0 Å². The molecule has 8 heteroatoms. The highest BCUT2D eigenvalue weighted by Gasteiger charge is 2.21. The first-order valence-corrected chi connectivity index (χ1v) is 6.08. The van der Waals surface area contributed by atoms with Gasteiger partial charge in [0.2, 0.25) is 0 Å². The molecule has 2 heterocycles. The normalized spacial score (nSPS) is 10.8. The minimum Gasteiger partial charge on any atom is -0.335 e. The SMILES string of the molecule is Cc1cc(NC(=O)c2cc([N+](=O)[O-])cn2C(C)C)n[nH]1. The molecule has 0 spiro atoms. The van der Waals surface area contributed by atoms with Gasteiger partial charge < -0.3 is 9.88 Å². The number of anilines is 1. The lowest BCUT2D eigenvalue weighted by molar-refractivity contribution is -0.384. The van der Waals surface area contributed by atoms with Gasteiger partial charge in [-0.15, -0.1) is 0 Å². The lowest BCUT2D eigenvalue weighted by Gasteiger charge is -2.11. The Kier molecular flexibility index (Phi) is 3.55. The van der Waals surface area contributed by atoms with Gasteiger partial charge in [-0.25, -0.2) is 0 Å². The van der Waals surface area contributed by atoms with Crippen LogP contribution in [0.1, 0.15) is 36.1 Å². The number of hydrogen-bond acceptors (Lipinski definition) is 4. The maximum Gasteiger partial charge on any atom is 0.287 e. The number of nitrogens with zero attached hydrogens (tertiary/aromatic N) is 3. The molecular weight excluding hydrogens is 262 g/mol. The van der Waals surface area contributed by atoms with Crippen LogP contribution in [0.2, 0.25) is 0 Å². The number of nitrogens with one attached hydrogen (secondary N) is 2. The second kappa shape index (κ2) is 5.16. The van der Waals surface area contributed by atoms with Crippen LogP contribution in [0.5, 0.6) is 0 Å². The fourth-order valence-electron chi connectivity index (χ4n) is 1.84. The number of aromatic amines is 1. The van der Waals surface area contributed by atoms with Crippen molar-refractivity contribution < 1.29 is 9.72 Å². The molecule has 0 bridgehead atoms. The first kappa shape index (κ1) is 13.8. The van der Waals surface area contributed by atoms with Crippen molar-refractivity contribution in [3.05, 3.63) is 39.8 Å². The van der Waals surface area contributed by atoms with Crippen LogP contribution in [0.4, 0.5) is 11.5 Å². The molecule has 106 valence electrons. The summed E-state index contributed by atoms with van der Waals surface area (Å²) >= 11 is 0. The predicted molar refractivity (Wildman–Crippen MR) is 72.7 cm³/mol. The number of aryl methyl sites for hydroxylation is 1. The van der Waals surface area contributed by atoms with Crippen molar-refractivity contribution in [2.75, 3.05) is 5.32 Å². The van der Waals surface area contributed by atoms with E-state index in [1.165, 1.54) is 12.3 Å². The number of H-pyrrole nitrogens is 1. The summed E-state index contributed by atoms with van der Waals surface area (Å²) in [7, 11) is 0. The molecule has 0 aromatic carbocycles. The third kappa shape index (κ3) is 2.68. The maximum atomic E-state index is 12.2. The minimum absolute atomic E-state index is 0.0645. The average molecular weight is 277 g/mol. The molecule has 0 saturated carbocycles. The zero-order chi connectivity index (χ0) is 14.9. The largest absolute Gasteiger partial charge is 0.335 e. The summed E-state index contributed by atoms with van der Waals surface area (Å²) in [6.45, 7) is 5.50. The Morgan fingerprint density at radius 2 is 2.20 bits per heavy atom. The quantitative estimate of drug-likeness (QED) is 0.660. The van der Waals surface area contributed by atoms with Crippen molar-refractivity contribution in [1.82, 2.24) is 14.8 Å². The van der Waals surface area contributed by atoms with E-state index < -0.39 is 10.8 Å². The molecule has 8 nitrogen and oxygen atoms in total. The molecule has 0 fully saturated rings. The maximum absolute atomic E-state index is 12.2. The van der Waals surface area contributed by atoms with Gasteiger partial charge in [0, 0.05) is 23.9 Å². The average Bonchev–Trinajstić information content (AvgIpc) is 2.95. The van der Waals surface area contributed by atoms with Gasteiger partial charge in [0.25, 0.3) is 11.6 Å². The van der Waals surface area contributed by atoms with Gasteiger partial charge >= 0.3 is 0 Å². The fraction of sp³-hybridized carbons (Fsp3) is 0.333. The van der Waals surface area contributed by atoms with Gasteiger partial charge in [0.15, 0.2) is 5.82 Å². The molecule has 1 amide bonds. The van der Waals surface area contributed by atoms with Crippen molar-refractivity contribution in [2.45, 2.75) is 26.8 Å². The van der Waals surface area contributed by atoms with Crippen LogP contribution in [0.15, 0.2) is 18.3 Å². The highest BCUT2D eigenvalue weighted by Crippen LogP contribution is 2.21. The van der Waals surface area contributed by atoms with Crippen molar-refractivity contribution in [3.8, 4) is 0 Å². The zero-order valence-corrected chi connectivity index (χ0v) is 11.4. The lowest BCUT2D eigenvalue weighted by atomic mass is 10.3. The third-order valence-electron chi connectivity index (χ3n) is 2.78. The van der Waals surface area contributed by atoms with Crippen LogP contribution in [0.25, 0.3) is 0 Å². The molecule has 20 heavy (non-hydrogen) atoms. The second-order valence-corrected chi connectivity index (χ2v) is 4.73. The van der Waals surface area contributed by atoms with E-state index in [-0.39, 0.29) is 17.4 Å². The Bertz CT molecular complexity index is 656. The highest BCUT2D eigenvalue weighted by molar-refractivity contribution is 6.03. The number of nitro groups is 1. The van der Waals surface area contributed by atoms with Crippen molar-refractivity contribution in [1.29, 1.82) is 0 Å². The smallest absolute Gasteiger partial charge is 0.287 e. The van der Waals surface area contributed by atoms with E-state index in [0.717, 1.165) is 5.69 Å². The molecule has 0 atom stereocenters. The molecule has 0 unspecified atom stereocenters. The Hall–Kier alpha value is -2.64. The minimum atomic E-state index is -0.519. The van der Waals surface area contributed by atoms with E-state index in [2.05, 4.69) is 15.5 Å². The summed E-state index contributed by atoms with van der Waals surface area (Å²) in [5.41, 5.74) is 0.930. The summed E-state index contributed by atoms with van der Waals surface area (Å²) in [6.07, 6.45) is 1.36. The summed E-state index contributed by atoms with van der Waals surface area (Å²) in [5, 5.41) is 20.0. The lowest BCUT2D eigenvalue weighted by Crippen LogP contribution is -2.17. The van der Waals surface area contributed by atoms with E-state index in [9.17, 15) is 14.9 Å². The monoisotopic (exact) mass is 277 g/mol. The molecule has 0 aliphatic carbocycles. The number of carbonyl (C=O) groups excluding carboxylic acids is 1. The number of carbonyl (C=O) groups is 1. The first-order chi connectivity index (χ1) is 9.38. The number of hydrogen-bond donors (Lipinski definition) is 2. The summed E-state index contributed by atoms with van der Waals surface area (Å²) < 4.78 is 1.56. The van der Waals surface area contributed by atoms with Crippen LogP contribution in [-0.2, 0) is 0 Å². The Balaban J connectivity index is 2.30. The van der Waals surface area contributed by atoms with E-state index in [1.54, 1.807) is 10.6 Å². The fourth-order valence-corrected chi connectivity index (χ4v) is 1.84. The molecule has 0 saturated heterocycles.